The summed E-state index contributed by atoms with van der Waals surface area (Å²) < 4.78 is 7.49. The number of amides is 2. The first-order chi connectivity index (χ1) is 16.6. The fraction of sp³-hybridized carbons (Fsp3) is 0.458. The molecule has 2 saturated heterocycles. The minimum absolute atomic E-state index is 0.0297. The lowest BCUT2D eigenvalue weighted by Gasteiger charge is -2.38. The first-order valence-electron chi connectivity index (χ1n) is 11.8. The van der Waals surface area contributed by atoms with Gasteiger partial charge in [-0.25, -0.2) is 19.4 Å². The van der Waals surface area contributed by atoms with Gasteiger partial charge >= 0.3 is 6.03 Å². The van der Waals surface area contributed by atoms with Crippen molar-refractivity contribution in [1.82, 2.24) is 29.5 Å². The summed E-state index contributed by atoms with van der Waals surface area (Å²) in [4.78, 5) is 39.2. The van der Waals surface area contributed by atoms with Crippen LogP contribution in [0, 0.1) is 0 Å². The number of hydrogen-bond acceptors (Lipinski definition) is 7. The van der Waals surface area contributed by atoms with Crippen molar-refractivity contribution in [2.45, 2.75) is 26.3 Å². The van der Waals surface area contributed by atoms with E-state index in [0.717, 1.165) is 28.2 Å². The lowest BCUT2D eigenvalue weighted by molar-refractivity contribution is -0.120. The Labute approximate surface area is 198 Å². The smallest absolute Gasteiger partial charge is 0.320 e. The molecule has 0 N–H and O–H groups in total. The van der Waals surface area contributed by atoms with Gasteiger partial charge in [0, 0.05) is 52.1 Å². The molecule has 2 amide bonds. The number of hydrogen-bond donors (Lipinski definition) is 0. The molecular formula is C24H29N7O3. The number of nitrogens with zero attached hydrogens (tertiary/aromatic N) is 7. The van der Waals surface area contributed by atoms with Gasteiger partial charge in [0.2, 0.25) is 0 Å². The third kappa shape index (κ3) is 4.52. The maximum absolute atomic E-state index is 12.8. The van der Waals surface area contributed by atoms with E-state index in [4.69, 9.17) is 4.74 Å². The monoisotopic (exact) mass is 463 g/mol. The standard InChI is InChI=1S/C24H29N7O3/c1-2-34-20-5-3-4-18(14-20)16-31-23-21(15-27-31)22(25-17-26-23)28-10-12-30(13-11-28)24(33)29-8-6-19(32)7-9-29/h3-5,14-15,17H,2,6-13,16H2,1H3. The lowest BCUT2D eigenvalue weighted by Crippen LogP contribution is -2.54. The molecule has 3 aromatic rings. The molecule has 0 bridgehead atoms. The predicted octanol–water partition coefficient (Wildman–Crippen LogP) is 2.18. The summed E-state index contributed by atoms with van der Waals surface area (Å²) in [6, 6.07) is 8.03. The third-order valence-corrected chi connectivity index (χ3v) is 6.40. The zero-order valence-corrected chi connectivity index (χ0v) is 19.4. The maximum Gasteiger partial charge on any atom is 0.320 e. The van der Waals surface area contributed by atoms with E-state index in [2.05, 4.69) is 20.0 Å². The molecule has 34 heavy (non-hydrogen) atoms. The number of carbonyl (C=O) groups excluding carboxylic acids is 2. The summed E-state index contributed by atoms with van der Waals surface area (Å²) in [6.07, 6.45) is 4.32. The van der Waals surface area contributed by atoms with Crippen LogP contribution in [0.4, 0.5) is 10.6 Å². The number of rotatable bonds is 5. The van der Waals surface area contributed by atoms with E-state index < -0.39 is 0 Å². The van der Waals surface area contributed by atoms with Crippen LogP contribution in [0.2, 0.25) is 0 Å². The van der Waals surface area contributed by atoms with Gasteiger partial charge in [-0.1, -0.05) is 12.1 Å². The van der Waals surface area contributed by atoms with Crippen LogP contribution < -0.4 is 9.64 Å². The number of benzene rings is 1. The Hall–Kier alpha value is -3.69. The van der Waals surface area contributed by atoms with Crippen LogP contribution in [0.3, 0.4) is 0 Å². The summed E-state index contributed by atoms with van der Waals surface area (Å²) in [5, 5.41) is 5.48. The van der Waals surface area contributed by atoms with E-state index in [-0.39, 0.29) is 11.8 Å². The van der Waals surface area contributed by atoms with Crippen LogP contribution >= 0.6 is 0 Å². The first-order valence-corrected chi connectivity index (χ1v) is 11.8. The van der Waals surface area contributed by atoms with Gasteiger partial charge in [0.05, 0.1) is 24.7 Å². The van der Waals surface area contributed by atoms with Crippen molar-refractivity contribution < 1.29 is 14.3 Å². The van der Waals surface area contributed by atoms with Crippen LogP contribution in [0.25, 0.3) is 11.0 Å². The van der Waals surface area contributed by atoms with E-state index >= 15 is 0 Å². The van der Waals surface area contributed by atoms with Crippen molar-refractivity contribution in [3.05, 3.63) is 42.4 Å². The van der Waals surface area contributed by atoms with E-state index in [9.17, 15) is 9.59 Å². The molecule has 2 aliphatic rings. The number of anilines is 1. The highest BCUT2D eigenvalue weighted by atomic mass is 16.5. The second-order valence-electron chi connectivity index (χ2n) is 8.60. The zero-order chi connectivity index (χ0) is 23.5. The third-order valence-electron chi connectivity index (χ3n) is 6.40. The minimum Gasteiger partial charge on any atom is -0.494 e. The predicted molar refractivity (Wildman–Crippen MR) is 127 cm³/mol. The van der Waals surface area contributed by atoms with Gasteiger partial charge in [-0.05, 0) is 24.6 Å². The van der Waals surface area contributed by atoms with Crippen LogP contribution in [0.5, 0.6) is 5.75 Å². The van der Waals surface area contributed by atoms with Crippen molar-refractivity contribution in [3.63, 3.8) is 0 Å². The lowest BCUT2D eigenvalue weighted by atomic mass is 10.1. The van der Waals surface area contributed by atoms with Crippen molar-refractivity contribution in [3.8, 4) is 5.75 Å². The van der Waals surface area contributed by atoms with Crippen LogP contribution in [0.15, 0.2) is 36.8 Å². The maximum atomic E-state index is 12.8. The molecule has 0 aliphatic carbocycles. The topological polar surface area (TPSA) is 96.7 Å². The molecule has 2 fully saturated rings. The summed E-state index contributed by atoms with van der Waals surface area (Å²) in [5.41, 5.74) is 1.87. The van der Waals surface area contributed by atoms with Crippen LogP contribution in [-0.4, -0.2) is 87.2 Å². The second kappa shape index (κ2) is 9.66. The Morgan fingerprint density at radius 1 is 1.03 bits per heavy atom. The molecule has 2 aromatic heterocycles. The highest BCUT2D eigenvalue weighted by Crippen LogP contribution is 2.25. The van der Waals surface area contributed by atoms with Gasteiger partial charge in [0.1, 0.15) is 23.7 Å². The van der Waals surface area contributed by atoms with Crippen molar-refractivity contribution in [1.29, 1.82) is 0 Å². The summed E-state index contributed by atoms with van der Waals surface area (Å²) in [6.45, 7) is 6.84. The molecule has 10 nitrogen and oxygen atoms in total. The van der Waals surface area contributed by atoms with Gasteiger partial charge in [-0.3, -0.25) is 4.79 Å². The Morgan fingerprint density at radius 3 is 2.56 bits per heavy atom. The van der Waals surface area contributed by atoms with Crippen molar-refractivity contribution in [2.24, 2.45) is 0 Å². The molecule has 2 aliphatic heterocycles. The molecule has 5 rings (SSSR count). The van der Waals surface area contributed by atoms with Crippen molar-refractivity contribution >= 4 is 28.7 Å². The number of urea groups is 1. The SMILES string of the molecule is CCOc1cccc(Cn2ncc3c(N4CCN(C(=O)N5CCC(=O)CC5)CC4)ncnc32)c1. The van der Waals surface area contributed by atoms with E-state index in [0.29, 0.717) is 65.3 Å². The fourth-order valence-electron chi connectivity index (χ4n) is 4.58. The molecule has 0 radical (unpaired) electrons. The quantitative estimate of drug-likeness (QED) is 0.572. The van der Waals surface area contributed by atoms with Gasteiger partial charge < -0.3 is 19.4 Å². The summed E-state index contributed by atoms with van der Waals surface area (Å²) in [7, 11) is 0. The molecule has 0 saturated carbocycles. The Kier molecular flexibility index (Phi) is 6.29. The normalized spacial score (nSPS) is 16.9. The van der Waals surface area contributed by atoms with Crippen LogP contribution in [-0.2, 0) is 11.3 Å². The number of ether oxygens (including phenoxy) is 1. The zero-order valence-electron chi connectivity index (χ0n) is 19.4. The van der Waals surface area contributed by atoms with Gasteiger partial charge in [0.15, 0.2) is 5.65 Å². The average molecular weight is 464 g/mol. The number of piperidine rings is 1. The number of Topliss-reactive ketones (excluding diaryl/α,β-unsaturated/α-hetero) is 1. The molecule has 10 heteroatoms. The Bertz CT molecular complexity index is 1180. The van der Waals surface area contributed by atoms with Gasteiger partial charge in [0.25, 0.3) is 0 Å². The number of carbonyl (C=O) groups is 2. The number of piperazine rings is 1. The van der Waals surface area contributed by atoms with Gasteiger partial charge in [-0.2, -0.15) is 5.10 Å². The molecule has 0 unspecified atom stereocenters. The number of fused-ring (bicyclic) bond motifs is 1. The number of ketones is 1. The van der Waals surface area contributed by atoms with E-state index in [1.54, 1.807) is 11.2 Å². The number of aromatic nitrogens is 4. The van der Waals surface area contributed by atoms with Crippen molar-refractivity contribution in [2.75, 3.05) is 50.8 Å². The summed E-state index contributed by atoms with van der Waals surface area (Å²) in [5.74, 6) is 1.93. The molecule has 0 spiro atoms. The molecule has 1 aromatic carbocycles. The Balaban J connectivity index is 1.27. The second-order valence-corrected chi connectivity index (χ2v) is 8.60. The Morgan fingerprint density at radius 2 is 1.79 bits per heavy atom. The highest BCUT2D eigenvalue weighted by Gasteiger charge is 2.29. The minimum atomic E-state index is 0.0297. The molecular weight excluding hydrogens is 434 g/mol. The molecule has 178 valence electrons. The summed E-state index contributed by atoms with van der Waals surface area (Å²) >= 11 is 0. The van der Waals surface area contributed by atoms with E-state index in [1.807, 2.05) is 47.0 Å². The average Bonchev–Trinajstić information content (AvgIpc) is 3.27. The molecule has 4 heterocycles. The van der Waals surface area contributed by atoms with Crippen LogP contribution in [0.1, 0.15) is 25.3 Å². The van der Waals surface area contributed by atoms with Gasteiger partial charge in [-0.15, -0.1) is 0 Å². The number of likely N-dealkylation sites (tertiary alicyclic amines) is 1. The first kappa shape index (κ1) is 22.1. The highest BCUT2D eigenvalue weighted by molar-refractivity contribution is 5.87. The largest absolute Gasteiger partial charge is 0.494 e. The fourth-order valence-corrected chi connectivity index (χ4v) is 4.58. The molecule has 0 atom stereocenters. The van der Waals surface area contributed by atoms with E-state index in [1.165, 1.54) is 0 Å².